The number of alkyl halides is 3. The van der Waals surface area contributed by atoms with Crippen LogP contribution in [0.1, 0.15) is 12.5 Å². The van der Waals surface area contributed by atoms with Gasteiger partial charge in [0.05, 0.1) is 5.56 Å². The minimum atomic E-state index is -4.42. The van der Waals surface area contributed by atoms with E-state index in [4.69, 9.17) is 0 Å². The molecule has 1 aromatic carbocycles. The number of aromatic nitrogens is 3. The SMILES string of the molecule is CCSc1ccccc1-c1nc2cc(C(F)(F)F)cnc2n1C. The number of nitrogens with zero attached hydrogens (tertiary/aromatic N) is 3. The maximum atomic E-state index is 12.8. The topological polar surface area (TPSA) is 30.7 Å². The van der Waals surface area contributed by atoms with E-state index in [0.717, 1.165) is 28.5 Å². The number of rotatable bonds is 3. The van der Waals surface area contributed by atoms with Gasteiger partial charge in [0, 0.05) is 23.7 Å². The minimum Gasteiger partial charge on any atom is -0.312 e. The lowest BCUT2D eigenvalue weighted by atomic mass is 10.2. The number of pyridine rings is 1. The molecular weight excluding hydrogens is 323 g/mol. The van der Waals surface area contributed by atoms with E-state index in [1.165, 1.54) is 0 Å². The number of thioether (sulfide) groups is 1. The Labute approximate surface area is 135 Å². The third-order valence-electron chi connectivity index (χ3n) is 3.46. The summed E-state index contributed by atoms with van der Waals surface area (Å²) in [6.45, 7) is 2.05. The minimum absolute atomic E-state index is 0.244. The highest BCUT2D eigenvalue weighted by molar-refractivity contribution is 7.99. The fourth-order valence-electron chi connectivity index (χ4n) is 2.40. The Morgan fingerprint density at radius 1 is 1.22 bits per heavy atom. The maximum absolute atomic E-state index is 12.8. The first kappa shape index (κ1) is 15.9. The van der Waals surface area contributed by atoms with E-state index in [1.807, 2.05) is 31.2 Å². The lowest BCUT2D eigenvalue weighted by Gasteiger charge is -2.08. The van der Waals surface area contributed by atoms with Gasteiger partial charge in [0.15, 0.2) is 5.65 Å². The number of aryl methyl sites for hydroxylation is 1. The summed E-state index contributed by atoms with van der Waals surface area (Å²) in [5.74, 6) is 1.51. The largest absolute Gasteiger partial charge is 0.417 e. The molecule has 0 bridgehead atoms. The molecule has 0 aliphatic heterocycles. The molecule has 0 saturated carbocycles. The predicted octanol–water partition coefficient (Wildman–Crippen LogP) is 4.77. The van der Waals surface area contributed by atoms with Crippen LogP contribution in [0.25, 0.3) is 22.6 Å². The van der Waals surface area contributed by atoms with Gasteiger partial charge in [-0.1, -0.05) is 25.1 Å². The summed E-state index contributed by atoms with van der Waals surface area (Å²) in [4.78, 5) is 9.38. The maximum Gasteiger partial charge on any atom is 0.417 e. The monoisotopic (exact) mass is 337 g/mol. The van der Waals surface area contributed by atoms with E-state index >= 15 is 0 Å². The molecule has 0 aliphatic carbocycles. The second kappa shape index (κ2) is 5.88. The van der Waals surface area contributed by atoms with Crippen LogP contribution in [0.15, 0.2) is 41.4 Å². The average Bonchev–Trinajstić information content (AvgIpc) is 2.84. The molecule has 0 aliphatic rings. The molecule has 2 heterocycles. The van der Waals surface area contributed by atoms with E-state index in [1.54, 1.807) is 23.4 Å². The highest BCUT2D eigenvalue weighted by Gasteiger charge is 2.31. The van der Waals surface area contributed by atoms with Crippen LogP contribution in [0.2, 0.25) is 0 Å². The van der Waals surface area contributed by atoms with Crippen LogP contribution in [0.4, 0.5) is 13.2 Å². The summed E-state index contributed by atoms with van der Waals surface area (Å²) in [5, 5.41) is 0. The summed E-state index contributed by atoms with van der Waals surface area (Å²) in [6, 6.07) is 8.77. The number of hydrogen-bond donors (Lipinski definition) is 0. The van der Waals surface area contributed by atoms with Gasteiger partial charge in [0.1, 0.15) is 11.3 Å². The van der Waals surface area contributed by atoms with Crippen molar-refractivity contribution in [1.29, 1.82) is 0 Å². The molecule has 3 rings (SSSR count). The fraction of sp³-hybridized carbons (Fsp3) is 0.250. The van der Waals surface area contributed by atoms with Crippen LogP contribution in [-0.4, -0.2) is 20.3 Å². The first-order valence-electron chi connectivity index (χ1n) is 7.03. The van der Waals surface area contributed by atoms with Crippen LogP contribution in [0.3, 0.4) is 0 Å². The Bertz CT molecular complexity index is 855. The van der Waals surface area contributed by atoms with Crippen molar-refractivity contribution in [2.75, 3.05) is 5.75 Å². The molecule has 0 unspecified atom stereocenters. The normalized spacial score (nSPS) is 12.0. The quantitative estimate of drug-likeness (QED) is 0.645. The van der Waals surface area contributed by atoms with E-state index < -0.39 is 11.7 Å². The second-order valence-corrected chi connectivity index (χ2v) is 6.29. The van der Waals surface area contributed by atoms with Crippen LogP contribution in [-0.2, 0) is 13.2 Å². The van der Waals surface area contributed by atoms with Crippen molar-refractivity contribution >= 4 is 22.9 Å². The number of hydrogen-bond acceptors (Lipinski definition) is 3. The van der Waals surface area contributed by atoms with Gasteiger partial charge in [-0.05, 0) is 17.9 Å². The van der Waals surface area contributed by atoms with Gasteiger partial charge in [-0.3, -0.25) is 0 Å². The summed E-state index contributed by atoms with van der Waals surface area (Å²) in [6.07, 6.45) is -3.57. The Morgan fingerprint density at radius 2 is 1.96 bits per heavy atom. The number of fused-ring (bicyclic) bond motifs is 1. The van der Waals surface area contributed by atoms with Crippen molar-refractivity contribution in [2.45, 2.75) is 18.0 Å². The van der Waals surface area contributed by atoms with Gasteiger partial charge in [0.25, 0.3) is 0 Å². The average molecular weight is 337 g/mol. The van der Waals surface area contributed by atoms with Crippen molar-refractivity contribution in [2.24, 2.45) is 7.05 Å². The zero-order chi connectivity index (χ0) is 16.6. The smallest absolute Gasteiger partial charge is 0.312 e. The van der Waals surface area contributed by atoms with E-state index in [0.29, 0.717) is 11.5 Å². The lowest BCUT2D eigenvalue weighted by Crippen LogP contribution is -2.05. The molecule has 7 heteroatoms. The van der Waals surface area contributed by atoms with Crippen molar-refractivity contribution in [1.82, 2.24) is 14.5 Å². The zero-order valence-electron chi connectivity index (χ0n) is 12.6. The van der Waals surface area contributed by atoms with E-state index in [2.05, 4.69) is 9.97 Å². The van der Waals surface area contributed by atoms with Crippen LogP contribution < -0.4 is 0 Å². The Kier molecular flexibility index (Phi) is 4.06. The fourth-order valence-corrected chi connectivity index (χ4v) is 3.21. The van der Waals surface area contributed by atoms with Gasteiger partial charge in [-0.25, -0.2) is 9.97 Å². The standard InChI is InChI=1S/C16H14F3N3S/c1-3-23-13-7-5-4-6-11(13)14-21-12-8-10(16(17,18)19)9-20-15(12)22(14)2/h4-9H,3H2,1-2H3. The van der Waals surface area contributed by atoms with Crippen molar-refractivity contribution in [3.05, 3.63) is 42.1 Å². The number of benzene rings is 1. The Morgan fingerprint density at radius 3 is 2.65 bits per heavy atom. The molecule has 0 radical (unpaired) electrons. The molecule has 0 amide bonds. The summed E-state index contributed by atoms with van der Waals surface area (Å²) in [7, 11) is 1.76. The molecule has 120 valence electrons. The molecule has 23 heavy (non-hydrogen) atoms. The summed E-state index contributed by atoms with van der Waals surface area (Å²) >= 11 is 1.67. The Balaban J connectivity index is 2.18. The molecule has 0 saturated heterocycles. The van der Waals surface area contributed by atoms with Crippen molar-refractivity contribution in [3.63, 3.8) is 0 Å². The summed E-state index contributed by atoms with van der Waals surface area (Å²) in [5.41, 5.74) is 0.789. The first-order valence-corrected chi connectivity index (χ1v) is 8.02. The van der Waals surface area contributed by atoms with Crippen LogP contribution in [0.5, 0.6) is 0 Å². The van der Waals surface area contributed by atoms with Gasteiger partial charge >= 0.3 is 6.18 Å². The second-order valence-electron chi connectivity index (χ2n) is 4.99. The predicted molar refractivity (Wildman–Crippen MR) is 85.3 cm³/mol. The first-order chi connectivity index (χ1) is 10.9. The third kappa shape index (κ3) is 2.93. The zero-order valence-corrected chi connectivity index (χ0v) is 13.4. The van der Waals surface area contributed by atoms with Gasteiger partial charge in [0.2, 0.25) is 0 Å². The van der Waals surface area contributed by atoms with Gasteiger partial charge in [-0.2, -0.15) is 13.2 Å². The molecule has 0 N–H and O–H groups in total. The van der Waals surface area contributed by atoms with Crippen molar-refractivity contribution < 1.29 is 13.2 Å². The highest BCUT2D eigenvalue weighted by atomic mass is 32.2. The molecule has 0 atom stereocenters. The molecule has 0 spiro atoms. The van der Waals surface area contributed by atoms with Crippen molar-refractivity contribution in [3.8, 4) is 11.4 Å². The van der Waals surface area contributed by atoms with Gasteiger partial charge in [-0.15, -0.1) is 11.8 Å². The number of imidazole rings is 1. The molecular formula is C16H14F3N3S. The molecule has 3 aromatic rings. The summed E-state index contributed by atoms with van der Waals surface area (Å²) < 4.78 is 40.2. The van der Waals surface area contributed by atoms with Crippen LogP contribution in [0, 0.1) is 0 Å². The van der Waals surface area contributed by atoms with E-state index in [9.17, 15) is 13.2 Å². The highest BCUT2D eigenvalue weighted by Crippen LogP contribution is 2.34. The third-order valence-corrected chi connectivity index (χ3v) is 4.42. The molecule has 3 nitrogen and oxygen atoms in total. The lowest BCUT2D eigenvalue weighted by molar-refractivity contribution is -0.137. The molecule has 0 fully saturated rings. The van der Waals surface area contributed by atoms with Gasteiger partial charge < -0.3 is 4.57 Å². The Hall–Kier alpha value is -2.02. The van der Waals surface area contributed by atoms with Crippen LogP contribution >= 0.6 is 11.8 Å². The molecule has 2 aromatic heterocycles. The number of halogens is 3. The van der Waals surface area contributed by atoms with E-state index in [-0.39, 0.29) is 5.52 Å².